The SMILES string of the molecule is O=C(O)c1cc(C(F)(F)F)ccn1.[Ir]. The third-order valence-corrected chi connectivity index (χ3v) is 1.31. The summed E-state index contributed by atoms with van der Waals surface area (Å²) in [5.41, 5.74) is -1.63. The Bertz CT molecular complexity index is 340. The summed E-state index contributed by atoms with van der Waals surface area (Å²) in [7, 11) is 0. The Labute approximate surface area is 90.3 Å². The normalized spacial score (nSPS) is 10.5. The van der Waals surface area contributed by atoms with Gasteiger partial charge < -0.3 is 5.11 Å². The van der Waals surface area contributed by atoms with Crippen molar-refractivity contribution in [2.45, 2.75) is 6.18 Å². The number of nitrogens with zero attached hydrogens (tertiary/aromatic N) is 1. The van der Waals surface area contributed by atoms with E-state index >= 15 is 0 Å². The first kappa shape index (κ1) is 13.1. The van der Waals surface area contributed by atoms with Crippen LogP contribution in [0.5, 0.6) is 0 Å². The summed E-state index contributed by atoms with van der Waals surface area (Å²) in [5, 5.41) is 8.35. The molecular formula is C7H4F3IrNO2. The van der Waals surface area contributed by atoms with E-state index in [1.807, 2.05) is 0 Å². The van der Waals surface area contributed by atoms with Gasteiger partial charge in [0.25, 0.3) is 0 Å². The van der Waals surface area contributed by atoms with Gasteiger partial charge in [-0.3, -0.25) is 0 Å². The van der Waals surface area contributed by atoms with Crippen LogP contribution >= 0.6 is 0 Å². The Morgan fingerprint density at radius 2 is 2.00 bits per heavy atom. The molecule has 0 atom stereocenters. The van der Waals surface area contributed by atoms with E-state index in [-0.39, 0.29) is 20.1 Å². The zero-order valence-electron chi connectivity index (χ0n) is 6.50. The number of halogens is 3. The van der Waals surface area contributed by atoms with Crippen molar-refractivity contribution in [1.82, 2.24) is 4.98 Å². The van der Waals surface area contributed by atoms with Gasteiger partial charge in [-0.25, -0.2) is 9.78 Å². The Morgan fingerprint density at radius 1 is 1.43 bits per heavy atom. The van der Waals surface area contributed by atoms with Gasteiger partial charge in [0.05, 0.1) is 5.56 Å². The van der Waals surface area contributed by atoms with E-state index in [9.17, 15) is 18.0 Å². The molecule has 1 rings (SSSR count). The Kier molecular flexibility index (Phi) is 4.22. The third kappa shape index (κ3) is 3.08. The number of carbonyl (C=O) groups is 1. The molecule has 14 heavy (non-hydrogen) atoms. The van der Waals surface area contributed by atoms with Crippen molar-refractivity contribution in [3.05, 3.63) is 29.6 Å². The fourth-order valence-corrected chi connectivity index (χ4v) is 0.724. The third-order valence-electron chi connectivity index (χ3n) is 1.31. The molecular weight excluding hydrogens is 379 g/mol. The molecule has 0 saturated heterocycles. The Morgan fingerprint density at radius 3 is 2.43 bits per heavy atom. The number of alkyl halides is 3. The van der Waals surface area contributed by atoms with Crippen LogP contribution in [0.15, 0.2) is 18.3 Å². The number of aromatic nitrogens is 1. The molecule has 0 bridgehead atoms. The van der Waals surface area contributed by atoms with Gasteiger partial charge in [-0.1, -0.05) is 0 Å². The molecule has 1 N–H and O–H groups in total. The number of carboxylic acid groups (broad SMARTS) is 1. The molecule has 0 unspecified atom stereocenters. The van der Waals surface area contributed by atoms with Crippen molar-refractivity contribution in [3.63, 3.8) is 0 Å². The maximum Gasteiger partial charge on any atom is 0.416 e. The van der Waals surface area contributed by atoms with Crippen LogP contribution in [0.1, 0.15) is 16.1 Å². The van der Waals surface area contributed by atoms with Gasteiger partial charge in [0.2, 0.25) is 0 Å². The van der Waals surface area contributed by atoms with E-state index in [4.69, 9.17) is 5.11 Å². The zero-order chi connectivity index (χ0) is 10.1. The second kappa shape index (κ2) is 4.52. The molecule has 0 spiro atoms. The average molecular weight is 383 g/mol. The number of hydrogen-bond acceptors (Lipinski definition) is 2. The summed E-state index contributed by atoms with van der Waals surface area (Å²) >= 11 is 0. The van der Waals surface area contributed by atoms with Crippen molar-refractivity contribution in [2.75, 3.05) is 0 Å². The second-order valence-electron chi connectivity index (χ2n) is 2.23. The van der Waals surface area contributed by atoms with Gasteiger partial charge >= 0.3 is 12.1 Å². The van der Waals surface area contributed by atoms with Gasteiger partial charge in [0, 0.05) is 26.3 Å². The minimum absolute atomic E-state index is 0. The molecule has 0 amide bonds. The molecule has 3 nitrogen and oxygen atoms in total. The molecule has 0 aliphatic carbocycles. The van der Waals surface area contributed by atoms with Crippen molar-refractivity contribution < 1.29 is 43.2 Å². The largest absolute Gasteiger partial charge is 0.477 e. The van der Waals surface area contributed by atoms with Gasteiger partial charge in [0.1, 0.15) is 5.69 Å². The minimum Gasteiger partial charge on any atom is -0.477 e. The van der Waals surface area contributed by atoms with Gasteiger partial charge in [-0.05, 0) is 12.1 Å². The predicted octanol–water partition coefficient (Wildman–Crippen LogP) is 1.80. The molecule has 1 aromatic rings. The number of pyridine rings is 1. The smallest absolute Gasteiger partial charge is 0.416 e. The van der Waals surface area contributed by atoms with E-state index in [1.54, 1.807) is 0 Å². The molecule has 1 radical (unpaired) electrons. The van der Waals surface area contributed by atoms with Gasteiger partial charge in [-0.2, -0.15) is 13.2 Å². The summed E-state index contributed by atoms with van der Waals surface area (Å²) in [6.07, 6.45) is -3.72. The predicted molar refractivity (Wildman–Crippen MR) is 36.2 cm³/mol. The summed E-state index contributed by atoms with van der Waals surface area (Å²) in [6.45, 7) is 0. The topological polar surface area (TPSA) is 50.2 Å². The van der Waals surface area contributed by atoms with Crippen LogP contribution in [-0.2, 0) is 26.3 Å². The van der Waals surface area contributed by atoms with E-state index in [0.29, 0.717) is 12.1 Å². The monoisotopic (exact) mass is 384 g/mol. The number of carboxylic acids is 1. The average Bonchev–Trinajstić information content (AvgIpc) is 2.03. The summed E-state index contributed by atoms with van der Waals surface area (Å²) in [6, 6.07) is 1.20. The van der Waals surface area contributed by atoms with E-state index in [2.05, 4.69) is 4.98 Å². The fraction of sp³-hybridized carbons (Fsp3) is 0.143. The van der Waals surface area contributed by atoms with E-state index in [1.165, 1.54) is 0 Å². The number of aromatic carboxylic acids is 1. The van der Waals surface area contributed by atoms with Crippen LogP contribution in [0.4, 0.5) is 13.2 Å². The molecule has 7 heteroatoms. The van der Waals surface area contributed by atoms with Gasteiger partial charge in [-0.15, -0.1) is 0 Å². The summed E-state index contributed by atoms with van der Waals surface area (Å²) < 4.78 is 36.0. The first-order valence-electron chi connectivity index (χ1n) is 3.18. The first-order valence-corrected chi connectivity index (χ1v) is 3.18. The van der Waals surface area contributed by atoms with Crippen LogP contribution in [-0.4, -0.2) is 16.1 Å². The molecule has 0 saturated carbocycles. The standard InChI is InChI=1S/C7H4F3NO2.Ir/c8-7(9,10)4-1-2-11-5(3-4)6(12)13;/h1-3H,(H,12,13);. The molecule has 0 fully saturated rings. The van der Waals surface area contributed by atoms with Crippen LogP contribution < -0.4 is 0 Å². The molecule has 0 aromatic carbocycles. The minimum atomic E-state index is -4.53. The van der Waals surface area contributed by atoms with E-state index < -0.39 is 23.4 Å². The molecule has 0 aliphatic rings. The fourth-order valence-electron chi connectivity index (χ4n) is 0.724. The zero-order valence-corrected chi connectivity index (χ0v) is 8.90. The quantitative estimate of drug-likeness (QED) is 0.805. The molecule has 0 aliphatic heterocycles. The van der Waals surface area contributed by atoms with Crippen molar-refractivity contribution >= 4 is 5.97 Å². The Balaban J connectivity index is 0.00000169. The van der Waals surface area contributed by atoms with Crippen LogP contribution in [0.2, 0.25) is 0 Å². The van der Waals surface area contributed by atoms with E-state index in [0.717, 1.165) is 6.20 Å². The molecule has 79 valence electrons. The van der Waals surface area contributed by atoms with Crippen LogP contribution in [0.25, 0.3) is 0 Å². The maximum atomic E-state index is 12.0. The summed E-state index contributed by atoms with van der Waals surface area (Å²) in [4.78, 5) is 13.5. The maximum absolute atomic E-state index is 12.0. The number of hydrogen-bond donors (Lipinski definition) is 1. The van der Waals surface area contributed by atoms with Crippen molar-refractivity contribution in [3.8, 4) is 0 Å². The van der Waals surface area contributed by atoms with Gasteiger partial charge in [0.15, 0.2) is 0 Å². The van der Waals surface area contributed by atoms with Crippen molar-refractivity contribution in [2.24, 2.45) is 0 Å². The first-order chi connectivity index (χ1) is 5.91. The molecule has 1 heterocycles. The van der Waals surface area contributed by atoms with Crippen molar-refractivity contribution in [1.29, 1.82) is 0 Å². The van der Waals surface area contributed by atoms with Crippen LogP contribution in [0.3, 0.4) is 0 Å². The number of rotatable bonds is 1. The summed E-state index contributed by atoms with van der Waals surface area (Å²) in [5.74, 6) is -1.48. The second-order valence-corrected chi connectivity index (χ2v) is 2.23. The molecule has 1 aromatic heterocycles. The Hall–Kier alpha value is -0.941. The van der Waals surface area contributed by atoms with Crippen LogP contribution in [0, 0.1) is 0 Å².